The van der Waals surface area contributed by atoms with Gasteiger partial charge in [0.2, 0.25) is 0 Å². The third kappa shape index (κ3) is 4.05. The zero-order chi connectivity index (χ0) is 26.3. The van der Waals surface area contributed by atoms with Crippen LogP contribution in [0.3, 0.4) is 0 Å². The van der Waals surface area contributed by atoms with E-state index >= 15 is 0 Å². The summed E-state index contributed by atoms with van der Waals surface area (Å²) in [7, 11) is 0. The van der Waals surface area contributed by atoms with Crippen molar-refractivity contribution in [2.45, 2.75) is 31.3 Å². The molecule has 10 nitrogen and oxygen atoms in total. The lowest BCUT2D eigenvalue weighted by Crippen LogP contribution is -2.19. The van der Waals surface area contributed by atoms with Crippen molar-refractivity contribution in [2.24, 2.45) is 0 Å². The first kappa shape index (κ1) is 23.4. The van der Waals surface area contributed by atoms with Gasteiger partial charge in [-0.15, -0.1) is 0 Å². The summed E-state index contributed by atoms with van der Waals surface area (Å²) >= 11 is 0. The monoisotopic (exact) mass is 509 g/mol. The Labute approximate surface area is 216 Å². The molecule has 0 bridgehead atoms. The number of anilines is 1. The van der Waals surface area contributed by atoms with Crippen molar-refractivity contribution in [3.8, 4) is 22.7 Å². The van der Waals surface area contributed by atoms with E-state index in [2.05, 4.69) is 20.4 Å². The standard InChI is InChI=1S/C28H23N5O5/c1-17(18-5-3-2-4-6-18)37-27(36)32-22-16-31-38-23(22)21-15-30-24(33-14-13-29-25(21)33)19-7-9-20(10-8-19)28(11-12-28)26(34)35/h2-10,13-17H,11-12H2,1H3,(H,32,36)(H,34,35). The second-order valence-electron chi connectivity index (χ2n) is 9.23. The van der Waals surface area contributed by atoms with Crippen LogP contribution in [-0.2, 0) is 14.9 Å². The van der Waals surface area contributed by atoms with E-state index in [4.69, 9.17) is 9.26 Å². The molecule has 1 fully saturated rings. The highest BCUT2D eigenvalue weighted by molar-refractivity contribution is 5.92. The Balaban J connectivity index is 1.26. The summed E-state index contributed by atoms with van der Waals surface area (Å²) in [5.74, 6) is 0.120. The van der Waals surface area contributed by atoms with Crippen LogP contribution in [0, 0.1) is 0 Å². The van der Waals surface area contributed by atoms with Crippen molar-refractivity contribution in [3.05, 3.63) is 90.5 Å². The third-order valence-corrected chi connectivity index (χ3v) is 6.89. The predicted molar refractivity (Wildman–Crippen MR) is 137 cm³/mol. The number of fused-ring (bicyclic) bond motifs is 1. The fraction of sp³-hybridized carbons (Fsp3) is 0.179. The number of carbonyl (C=O) groups is 2. The molecule has 5 aromatic rings. The second kappa shape index (κ2) is 9.15. The Kier molecular flexibility index (Phi) is 5.64. The Morgan fingerprint density at radius 3 is 2.55 bits per heavy atom. The minimum atomic E-state index is -0.792. The van der Waals surface area contributed by atoms with E-state index in [9.17, 15) is 14.7 Å². The molecule has 2 N–H and O–H groups in total. The van der Waals surface area contributed by atoms with Gasteiger partial charge < -0.3 is 14.4 Å². The fourth-order valence-electron chi connectivity index (χ4n) is 4.60. The van der Waals surface area contributed by atoms with Gasteiger partial charge >= 0.3 is 12.1 Å². The highest BCUT2D eigenvalue weighted by Crippen LogP contribution is 2.48. The molecule has 190 valence electrons. The molecule has 1 atom stereocenters. The third-order valence-electron chi connectivity index (χ3n) is 6.89. The van der Waals surface area contributed by atoms with Crippen molar-refractivity contribution in [1.82, 2.24) is 19.5 Å². The van der Waals surface area contributed by atoms with Crippen LogP contribution < -0.4 is 5.32 Å². The maximum atomic E-state index is 12.6. The lowest BCUT2D eigenvalue weighted by atomic mass is 9.95. The van der Waals surface area contributed by atoms with Gasteiger partial charge in [0.25, 0.3) is 0 Å². The number of nitrogens with one attached hydrogen (secondary N) is 1. The van der Waals surface area contributed by atoms with E-state index in [-0.39, 0.29) is 5.76 Å². The molecular formula is C28H23N5O5. The number of carboxylic acids is 1. The molecule has 10 heteroatoms. The molecule has 38 heavy (non-hydrogen) atoms. The van der Waals surface area contributed by atoms with Crippen LogP contribution in [-0.4, -0.2) is 36.7 Å². The predicted octanol–water partition coefficient (Wildman–Crippen LogP) is 5.48. The largest absolute Gasteiger partial charge is 0.481 e. The Morgan fingerprint density at radius 2 is 1.84 bits per heavy atom. The molecule has 0 saturated heterocycles. The first-order chi connectivity index (χ1) is 18.5. The van der Waals surface area contributed by atoms with Crippen molar-refractivity contribution in [1.29, 1.82) is 0 Å². The first-order valence-electron chi connectivity index (χ1n) is 12.1. The van der Waals surface area contributed by atoms with Gasteiger partial charge in [0, 0.05) is 24.2 Å². The molecule has 0 radical (unpaired) electrons. The molecule has 2 aromatic carbocycles. The summed E-state index contributed by atoms with van der Waals surface area (Å²) in [5, 5.41) is 16.1. The number of aromatic nitrogens is 4. The summed E-state index contributed by atoms with van der Waals surface area (Å²) in [6.07, 6.45) is 6.61. The molecule has 0 aliphatic heterocycles. The van der Waals surface area contributed by atoms with Gasteiger partial charge in [-0.05, 0) is 30.9 Å². The molecule has 3 heterocycles. The molecule has 1 aliphatic carbocycles. The van der Waals surface area contributed by atoms with Crippen LogP contribution in [0.25, 0.3) is 28.4 Å². The highest BCUT2D eigenvalue weighted by atomic mass is 16.6. The van der Waals surface area contributed by atoms with E-state index in [1.54, 1.807) is 29.9 Å². The number of benzene rings is 2. The van der Waals surface area contributed by atoms with Crippen LogP contribution in [0.4, 0.5) is 10.5 Å². The highest BCUT2D eigenvalue weighted by Gasteiger charge is 2.51. The Bertz CT molecular complexity index is 1640. The van der Waals surface area contributed by atoms with Gasteiger partial charge in [0.1, 0.15) is 17.6 Å². The van der Waals surface area contributed by atoms with Crippen LogP contribution in [0.1, 0.15) is 37.0 Å². The van der Waals surface area contributed by atoms with Gasteiger partial charge in [-0.25, -0.2) is 14.8 Å². The lowest BCUT2D eigenvalue weighted by Gasteiger charge is -2.14. The maximum Gasteiger partial charge on any atom is 0.412 e. The Hall–Kier alpha value is -4.99. The lowest BCUT2D eigenvalue weighted by molar-refractivity contribution is -0.140. The first-order valence-corrected chi connectivity index (χ1v) is 12.1. The molecule has 1 aliphatic rings. The number of nitrogens with zero attached hydrogens (tertiary/aromatic N) is 4. The van der Waals surface area contributed by atoms with Crippen LogP contribution >= 0.6 is 0 Å². The van der Waals surface area contributed by atoms with E-state index in [0.29, 0.717) is 35.6 Å². The van der Waals surface area contributed by atoms with Gasteiger partial charge in [-0.2, -0.15) is 0 Å². The molecule has 1 saturated carbocycles. The Morgan fingerprint density at radius 1 is 1.08 bits per heavy atom. The van der Waals surface area contributed by atoms with Gasteiger partial charge in [-0.3, -0.25) is 14.5 Å². The number of hydrogen-bond donors (Lipinski definition) is 2. The second-order valence-corrected chi connectivity index (χ2v) is 9.23. The van der Waals surface area contributed by atoms with Gasteiger partial charge in [0.15, 0.2) is 11.4 Å². The van der Waals surface area contributed by atoms with E-state index in [1.807, 2.05) is 54.6 Å². The number of hydrogen-bond acceptors (Lipinski definition) is 7. The van der Waals surface area contributed by atoms with E-state index in [0.717, 1.165) is 16.7 Å². The van der Waals surface area contributed by atoms with Crippen molar-refractivity contribution < 1.29 is 24.0 Å². The molecule has 0 spiro atoms. The number of aliphatic carboxylic acids is 1. The summed E-state index contributed by atoms with van der Waals surface area (Å²) in [4.78, 5) is 33.4. The number of carboxylic acid groups (broad SMARTS) is 1. The number of rotatable bonds is 7. The smallest absolute Gasteiger partial charge is 0.412 e. The molecule has 3 aromatic heterocycles. The molecular weight excluding hydrogens is 486 g/mol. The summed E-state index contributed by atoms with van der Waals surface area (Å²) in [6.45, 7) is 1.79. The fourth-order valence-corrected chi connectivity index (χ4v) is 4.60. The topological polar surface area (TPSA) is 132 Å². The van der Waals surface area contributed by atoms with Crippen molar-refractivity contribution in [2.75, 3.05) is 5.32 Å². The van der Waals surface area contributed by atoms with E-state index in [1.165, 1.54) is 6.20 Å². The zero-order valence-corrected chi connectivity index (χ0v) is 20.4. The number of carbonyl (C=O) groups excluding carboxylic acids is 1. The average Bonchev–Trinajstić information content (AvgIpc) is 3.38. The molecule has 6 rings (SSSR count). The maximum absolute atomic E-state index is 12.6. The van der Waals surface area contributed by atoms with Crippen LogP contribution in [0.5, 0.6) is 0 Å². The number of ether oxygens (including phenoxy) is 1. The minimum absolute atomic E-state index is 0.289. The molecule has 1 unspecified atom stereocenters. The normalized spacial score (nSPS) is 14.7. The van der Waals surface area contributed by atoms with Crippen molar-refractivity contribution in [3.63, 3.8) is 0 Å². The summed E-state index contributed by atoms with van der Waals surface area (Å²) in [6, 6.07) is 16.8. The van der Waals surface area contributed by atoms with Crippen LogP contribution in [0.15, 0.2) is 83.9 Å². The van der Waals surface area contributed by atoms with Crippen LogP contribution in [0.2, 0.25) is 0 Å². The van der Waals surface area contributed by atoms with Crippen molar-refractivity contribution >= 4 is 23.4 Å². The zero-order valence-electron chi connectivity index (χ0n) is 20.4. The molecule has 1 amide bonds. The summed E-state index contributed by atoms with van der Waals surface area (Å²) in [5.41, 5.74) is 3.10. The quantitative estimate of drug-likeness (QED) is 0.295. The SMILES string of the molecule is CC(OC(=O)Nc1cnoc1-c1cnc(-c2ccc(C3(C(=O)O)CC3)cc2)n2ccnc12)c1ccccc1. The average molecular weight is 510 g/mol. The van der Waals surface area contributed by atoms with Gasteiger partial charge in [0.05, 0.1) is 17.2 Å². The summed E-state index contributed by atoms with van der Waals surface area (Å²) < 4.78 is 12.8. The number of imidazole rings is 1. The van der Waals surface area contributed by atoms with E-state index < -0.39 is 23.6 Å². The van der Waals surface area contributed by atoms with Gasteiger partial charge in [-0.1, -0.05) is 59.8 Å². The minimum Gasteiger partial charge on any atom is -0.481 e. The number of amides is 1.